The van der Waals surface area contributed by atoms with Gasteiger partial charge in [-0.2, -0.15) is 4.31 Å². The molecule has 0 spiro atoms. The number of carbonyl (C=O) groups excluding carboxylic acids is 1. The highest BCUT2D eigenvalue weighted by Gasteiger charge is 2.27. The normalized spacial score (nSPS) is 15.1. The van der Waals surface area contributed by atoms with Gasteiger partial charge in [0.15, 0.2) is 0 Å². The Balaban J connectivity index is 1.52. The van der Waals surface area contributed by atoms with Gasteiger partial charge in [0, 0.05) is 19.6 Å². The first-order valence-corrected chi connectivity index (χ1v) is 12.7. The zero-order valence-corrected chi connectivity index (χ0v) is 20.4. The molecule has 0 aliphatic carbocycles. The van der Waals surface area contributed by atoms with Crippen molar-refractivity contribution in [2.75, 3.05) is 26.3 Å². The lowest BCUT2D eigenvalue weighted by atomic mass is 10.2. The number of carbonyl (C=O) groups is 1. The molecule has 1 aromatic heterocycles. The maximum atomic E-state index is 13.0. The highest BCUT2D eigenvalue weighted by molar-refractivity contribution is 7.89. The molecular weight excluding hydrogens is 458 g/mol. The highest BCUT2D eigenvalue weighted by Crippen LogP contribution is 2.24. The van der Waals surface area contributed by atoms with E-state index in [9.17, 15) is 13.2 Å². The Morgan fingerprint density at radius 2 is 1.82 bits per heavy atom. The smallest absolute Gasteiger partial charge is 0.338 e. The Hall–Kier alpha value is -2.95. The molecule has 1 aliphatic rings. The van der Waals surface area contributed by atoms with Gasteiger partial charge in [-0.1, -0.05) is 0 Å². The third-order valence-corrected chi connectivity index (χ3v) is 7.41. The lowest BCUT2D eigenvalue weighted by molar-refractivity contribution is 0.0458. The van der Waals surface area contributed by atoms with E-state index in [0.717, 1.165) is 5.52 Å². The first-order chi connectivity index (χ1) is 16.3. The molecule has 9 nitrogen and oxygen atoms in total. The number of fused-ring (bicyclic) bond motifs is 1. The first-order valence-electron chi connectivity index (χ1n) is 11.3. The van der Waals surface area contributed by atoms with Gasteiger partial charge in [-0.05, 0) is 63.2 Å². The van der Waals surface area contributed by atoms with Gasteiger partial charge in [0.25, 0.3) is 0 Å². The third kappa shape index (κ3) is 5.08. The van der Waals surface area contributed by atoms with Crippen LogP contribution in [-0.2, 0) is 32.6 Å². The molecule has 0 unspecified atom stereocenters. The number of hydrogen-bond donors (Lipinski definition) is 0. The molecule has 1 saturated heterocycles. The SMILES string of the molecule is CCn1c(COC(=O)c2ccc(OC(C)C)cc2)nc2cc(S(=O)(=O)N3CCOCC3)ccc21. The molecule has 0 N–H and O–H groups in total. The molecule has 3 aromatic rings. The number of sulfonamides is 1. The summed E-state index contributed by atoms with van der Waals surface area (Å²) >= 11 is 0. The molecule has 1 fully saturated rings. The standard InChI is InChI=1S/C24H29N3O6S/c1-4-27-22-10-9-20(34(29,30)26-11-13-31-14-12-26)15-21(22)25-23(27)16-32-24(28)18-5-7-19(8-6-18)33-17(2)3/h5-10,15,17H,4,11-14,16H2,1-3H3. The first kappa shape index (κ1) is 24.2. The van der Waals surface area contributed by atoms with Crippen LogP contribution >= 0.6 is 0 Å². The van der Waals surface area contributed by atoms with Crippen LogP contribution in [0, 0.1) is 0 Å². The average Bonchev–Trinajstić information content (AvgIpc) is 3.20. The van der Waals surface area contributed by atoms with Gasteiger partial charge in [0.2, 0.25) is 10.0 Å². The number of aryl methyl sites for hydroxylation is 1. The molecule has 0 amide bonds. The van der Waals surface area contributed by atoms with Crippen molar-refractivity contribution in [2.24, 2.45) is 0 Å². The van der Waals surface area contributed by atoms with Crippen LogP contribution < -0.4 is 4.74 Å². The summed E-state index contributed by atoms with van der Waals surface area (Å²) < 4.78 is 45.7. The quantitative estimate of drug-likeness (QED) is 0.450. The second kappa shape index (κ2) is 10.1. The Bertz CT molecular complexity index is 1260. The van der Waals surface area contributed by atoms with Crippen molar-refractivity contribution in [3.8, 4) is 5.75 Å². The van der Waals surface area contributed by atoms with Crippen LogP contribution in [0.25, 0.3) is 11.0 Å². The van der Waals surface area contributed by atoms with Crippen molar-refractivity contribution in [3.63, 3.8) is 0 Å². The third-order valence-electron chi connectivity index (χ3n) is 5.52. The minimum absolute atomic E-state index is 0.0306. The lowest BCUT2D eigenvalue weighted by Crippen LogP contribution is -2.40. The van der Waals surface area contributed by atoms with E-state index in [0.29, 0.717) is 55.5 Å². The zero-order chi connectivity index (χ0) is 24.3. The average molecular weight is 488 g/mol. The topological polar surface area (TPSA) is 100.0 Å². The van der Waals surface area contributed by atoms with Crippen molar-refractivity contribution < 1.29 is 27.4 Å². The van der Waals surface area contributed by atoms with Gasteiger partial charge >= 0.3 is 5.97 Å². The minimum Gasteiger partial charge on any atom is -0.491 e. The van der Waals surface area contributed by atoms with Crippen LogP contribution in [0.3, 0.4) is 0 Å². The summed E-state index contributed by atoms with van der Waals surface area (Å²) in [5.41, 5.74) is 1.73. The van der Waals surface area contributed by atoms with Crippen molar-refractivity contribution in [2.45, 2.75) is 44.9 Å². The number of benzene rings is 2. The maximum absolute atomic E-state index is 13.0. The molecule has 1 aliphatic heterocycles. The number of esters is 1. The van der Waals surface area contributed by atoms with Crippen molar-refractivity contribution in [1.82, 2.24) is 13.9 Å². The van der Waals surface area contributed by atoms with Crippen LogP contribution in [0.15, 0.2) is 47.4 Å². The van der Waals surface area contributed by atoms with E-state index < -0.39 is 16.0 Å². The fourth-order valence-electron chi connectivity index (χ4n) is 3.87. The number of aromatic nitrogens is 2. The summed E-state index contributed by atoms with van der Waals surface area (Å²) in [6, 6.07) is 11.7. The van der Waals surface area contributed by atoms with E-state index in [-0.39, 0.29) is 17.6 Å². The molecule has 0 atom stereocenters. The summed E-state index contributed by atoms with van der Waals surface area (Å²) in [6.45, 7) is 7.82. The Kier molecular flexibility index (Phi) is 7.20. The van der Waals surface area contributed by atoms with Crippen molar-refractivity contribution in [1.29, 1.82) is 0 Å². The van der Waals surface area contributed by atoms with Crippen LogP contribution in [0.5, 0.6) is 5.75 Å². The summed E-state index contributed by atoms with van der Waals surface area (Å²) in [4.78, 5) is 17.3. The predicted octanol–water partition coefficient (Wildman–Crippen LogP) is 3.22. The van der Waals surface area contributed by atoms with Gasteiger partial charge in [-0.3, -0.25) is 0 Å². The van der Waals surface area contributed by atoms with Gasteiger partial charge in [0.05, 0.1) is 40.8 Å². The van der Waals surface area contributed by atoms with Crippen molar-refractivity contribution in [3.05, 3.63) is 53.9 Å². The number of rotatable bonds is 8. The summed E-state index contributed by atoms with van der Waals surface area (Å²) in [6.07, 6.45) is 0.0456. The van der Waals surface area contributed by atoms with Crippen LogP contribution in [0.2, 0.25) is 0 Å². The van der Waals surface area contributed by atoms with Crippen molar-refractivity contribution >= 4 is 27.0 Å². The minimum atomic E-state index is -3.63. The predicted molar refractivity (Wildman–Crippen MR) is 126 cm³/mol. The lowest BCUT2D eigenvalue weighted by Gasteiger charge is -2.26. The largest absolute Gasteiger partial charge is 0.491 e. The molecular formula is C24H29N3O6S. The Morgan fingerprint density at radius 1 is 1.12 bits per heavy atom. The number of hydrogen-bond acceptors (Lipinski definition) is 7. The molecule has 0 radical (unpaired) electrons. The Morgan fingerprint density at radius 3 is 2.47 bits per heavy atom. The molecule has 34 heavy (non-hydrogen) atoms. The van der Waals surface area contributed by atoms with E-state index in [1.165, 1.54) is 4.31 Å². The monoisotopic (exact) mass is 487 g/mol. The highest BCUT2D eigenvalue weighted by atomic mass is 32.2. The fraction of sp³-hybridized carbons (Fsp3) is 0.417. The molecule has 2 heterocycles. The van der Waals surface area contributed by atoms with E-state index in [2.05, 4.69) is 4.98 Å². The molecule has 2 aromatic carbocycles. The van der Waals surface area contributed by atoms with E-state index in [4.69, 9.17) is 14.2 Å². The molecule has 0 saturated carbocycles. The number of imidazole rings is 1. The van der Waals surface area contributed by atoms with Gasteiger partial charge in [0.1, 0.15) is 18.2 Å². The summed E-state index contributed by atoms with van der Waals surface area (Å²) in [5.74, 6) is 0.759. The number of nitrogens with zero attached hydrogens (tertiary/aromatic N) is 3. The Labute approximate surface area is 199 Å². The summed E-state index contributed by atoms with van der Waals surface area (Å²) in [7, 11) is -3.63. The van der Waals surface area contributed by atoms with E-state index in [1.807, 2.05) is 25.3 Å². The number of ether oxygens (including phenoxy) is 3. The van der Waals surface area contributed by atoms with Crippen LogP contribution in [-0.4, -0.2) is 60.7 Å². The van der Waals surface area contributed by atoms with E-state index >= 15 is 0 Å². The van der Waals surface area contributed by atoms with Gasteiger partial charge in [-0.25, -0.2) is 18.2 Å². The molecule has 182 valence electrons. The zero-order valence-electron chi connectivity index (χ0n) is 19.6. The number of morpholine rings is 1. The van der Waals surface area contributed by atoms with Crippen LogP contribution in [0.1, 0.15) is 37.0 Å². The second-order valence-corrected chi connectivity index (χ2v) is 10.1. The fourth-order valence-corrected chi connectivity index (χ4v) is 5.30. The second-order valence-electron chi connectivity index (χ2n) is 8.21. The van der Waals surface area contributed by atoms with Crippen LogP contribution in [0.4, 0.5) is 0 Å². The molecule has 10 heteroatoms. The molecule has 4 rings (SSSR count). The maximum Gasteiger partial charge on any atom is 0.338 e. The summed E-state index contributed by atoms with van der Waals surface area (Å²) in [5, 5.41) is 0. The van der Waals surface area contributed by atoms with Gasteiger partial charge < -0.3 is 18.8 Å². The van der Waals surface area contributed by atoms with E-state index in [1.54, 1.807) is 42.5 Å². The molecule has 0 bridgehead atoms. The van der Waals surface area contributed by atoms with Gasteiger partial charge in [-0.15, -0.1) is 0 Å².